The van der Waals surface area contributed by atoms with Gasteiger partial charge >= 0.3 is 6.03 Å². The first-order valence-corrected chi connectivity index (χ1v) is 8.99. The van der Waals surface area contributed by atoms with Crippen LogP contribution < -0.4 is 19.7 Å². The van der Waals surface area contributed by atoms with E-state index in [1.807, 2.05) is 47.4 Å². The quantitative estimate of drug-likeness (QED) is 0.898. The summed E-state index contributed by atoms with van der Waals surface area (Å²) < 4.78 is 10.8. The van der Waals surface area contributed by atoms with Gasteiger partial charge in [-0.2, -0.15) is 0 Å². The zero-order chi connectivity index (χ0) is 17.9. The minimum atomic E-state index is -0.0599. The number of anilines is 1. The molecule has 0 aliphatic carbocycles. The van der Waals surface area contributed by atoms with Crippen molar-refractivity contribution in [3.63, 3.8) is 0 Å². The van der Waals surface area contributed by atoms with Gasteiger partial charge in [0.25, 0.3) is 0 Å². The van der Waals surface area contributed by atoms with E-state index in [1.165, 1.54) is 0 Å². The number of ether oxygens (including phenoxy) is 2. The molecule has 0 saturated carbocycles. The lowest BCUT2D eigenvalue weighted by Crippen LogP contribution is -2.51. The van der Waals surface area contributed by atoms with E-state index in [1.54, 1.807) is 0 Å². The van der Waals surface area contributed by atoms with Crippen LogP contribution in [0.25, 0.3) is 0 Å². The number of urea groups is 1. The summed E-state index contributed by atoms with van der Waals surface area (Å²) in [4.78, 5) is 16.5. The molecule has 1 saturated heterocycles. The molecule has 6 nitrogen and oxygen atoms in total. The van der Waals surface area contributed by atoms with E-state index in [0.29, 0.717) is 24.7 Å². The van der Waals surface area contributed by atoms with Gasteiger partial charge in [0.15, 0.2) is 11.5 Å². The van der Waals surface area contributed by atoms with E-state index in [2.05, 4.69) is 10.2 Å². The Morgan fingerprint density at radius 2 is 1.81 bits per heavy atom. The van der Waals surface area contributed by atoms with Crippen LogP contribution in [-0.4, -0.2) is 43.9 Å². The summed E-state index contributed by atoms with van der Waals surface area (Å²) in [5.41, 5.74) is 2.01. The average molecular weight is 374 g/mol. The van der Waals surface area contributed by atoms with Crippen molar-refractivity contribution in [1.82, 2.24) is 10.2 Å². The lowest BCUT2D eigenvalue weighted by atomic mass is 10.2. The zero-order valence-corrected chi connectivity index (χ0v) is 15.0. The molecule has 2 aliphatic rings. The Bertz CT molecular complexity index is 806. The van der Waals surface area contributed by atoms with Crippen molar-refractivity contribution in [3.05, 3.63) is 53.1 Å². The number of carbonyl (C=O) groups excluding carboxylic acids is 1. The Morgan fingerprint density at radius 3 is 2.62 bits per heavy atom. The summed E-state index contributed by atoms with van der Waals surface area (Å²) in [6.07, 6.45) is 0. The van der Waals surface area contributed by atoms with Crippen molar-refractivity contribution >= 4 is 23.3 Å². The molecule has 136 valence electrons. The second-order valence-electron chi connectivity index (χ2n) is 6.26. The highest BCUT2D eigenvalue weighted by molar-refractivity contribution is 6.31. The normalized spacial score (nSPS) is 15.9. The smallest absolute Gasteiger partial charge is 0.317 e. The minimum absolute atomic E-state index is 0.0599. The molecule has 7 heteroatoms. The number of amides is 2. The van der Waals surface area contributed by atoms with Crippen LogP contribution in [0.4, 0.5) is 10.5 Å². The summed E-state index contributed by atoms with van der Waals surface area (Å²) >= 11 is 6.13. The number of piperazine rings is 1. The molecule has 1 N–H and O–H groups in total. The molecule has 0 aromatic heterocycles. The summed E-state index contributed by atoms with van der Waals surface area (Å²) in [6.45, 7) is 3.60. The van der Waals surface area contributed by atoms with Gasteiger partial charge in [-0.25, -0.2) is 4.79 Å². The standard InChI is InChI=1S/C19H20ClN3O3/c20-16-4-2-1-3-14(16)12-21-19(24)23-9-7-22(8-10-23)15-5-6-17-18(11-15)26-13-25-17/h1-6,11H,7-10,12-13H2,(H,21,24). The number of nitrogens with one attached hydrogen (secondary N) is 1. The van der Waals surface area contributed by atoms with Gasteiger partial charge in [-0.15, -0.1) is 0 Å². The zero-order valence-electron chi connectivity index (χ0n) is 14.3. The van der Waals surface area contributed by atoms with Crippen molar-refractivity contribution in [2.45, 2.75) is 6.54 Å². The molecule has 2 aromatic carbocycles. The maximum atomic E-state index is 12.4. The van der Waals surface area contributed by atoms with Crippen molar-refractivity contribution in [2.75, 3.05) is 37.9 Å². The SMILES string of the molecule is O=C(NCc1ccccc1Cl)N1CCN(c2ccc3c(c2)OCO3)CC1. The fourth-order valence-electron chi connectivity index (χ4n) is 3.17. The lowest BCUT2D eigenvalue weighted by Gasteiger charge is -2.36. The van der Waals surface area contributed by atoms with Crippen molar-refractivity contribution in [1.29, 1.82) is 0 Å². The van der Waals surface area contributed by atoms with Crippen LogP contribution >= 0.6 is 11.6 Å². The van der Waals surface area contributed by atoms with Gasteiger partial charge in [0, 0.05) is 49.5 Å². The summed E-state index contributed by atoms with van der Waals surface area (Å²) in [5.74, 6) is 1.56. The number of benzene rings is 2. The first kappa shape index (κ1) is 16.8. The van der Waals surface area contributed by atoms with Gasteiger partial charge in [-0.1, -0.05) is 29.8 Å². The van der Waals surface area contributed by atoms with E-state index >= 15 is 0 Å². The number of fused-ring (bicyclic) bond motifs is 1. The molecule has 2 heterocycles. The molecule has 4 rings (SSSR count). The van der Waals surface area contributed by atoms with Gasteiger partial charge in [0.2, 0.25) is 6.79 Å². The molecular formula is C19H20ClN3O3. The number of rotatable bonds is 3. The Morgan fingerprint density at radius 1 is 1.04 bits per heavy atom. The fourth-order valence-corrected chi connectivity index (χ4v) is 3.38. The number of hydrogen-bond donors (Lipinski definition) is 1. The van der Waals surface area contributed by atoms with Gasteiger partial charge in [0.05, 0.1) is 0 Å². The molecule has 1 fully saturated rings. The first-order chi connectivity index (χ1) is 12.7. The van der Waals surface area contributed by atoms with Crippen LogP contribution in [0.3, 0.4) is 0 Å². The van der Waals surface area contributed by atoms with E-state index in [-0.39, 0.29) is 12.8 Å². The molecule has 0 radical (unpaired) electrons. The van der Waals surface area contributed by atoms with Crippen molar-refractivity contribution in [3.8, 4) is 11.5 Å². The predicted molar refractivity (Wildman–Crippen MR) is 100 cm³/mol. The van der Waals surface area contributed by atoms with Gasteiger partial charge < -0.3 is 24.6 Å². The summed E-state index contributed by atoms with van der Waals surface area (Å²) in [5, 5.41) is 3.61. The number of hydrogen-bond acceptors (Lipinski definition) is 4. The number of nitrogens with zero attached hydrogens (tertiary/aromatic N) is 2. The van der Waals surface area contributed by atoms with Gasteiger partial charge in [-0.3, -0.25) is 0 Å². The number of carbonyl (C=O) groups is 1. The van der Waals surface area contributed by atoms with E-state index in [4.69, 9.17) is 21.1 Å². The third kappa shape index (κ3) is 3.51. The average Bonchev–Trinajstić information content (AvgIpc) is 3.15. The second-order valence-corrected chi connectivity index (χ2v) is 6.67. The molecule has 0 spiro atoms. The number of halogens is 1. The van der Waals surface area contributed by atoms with E-state index in [0.717, 1.165) is 35.8 Å². The Hall–Kier alpha value is -2.60. The summed E-state index contributed by atoms with van der Waals surface area (Å²) in [6, 6.07) is 13.4. The van der Waals surface area contributed by atoms with Crippen LogP contribution in [0.2, 0.25) is 5.02 Å². The van der Waals surface area contributed by atoms with Crippen molar-refractivity contribution in [2.24, 2.45) is 0 Å². The highest BCUT2D eigenvalue weighted by Crippen LogP contribution is 2.35. The molecule has 0 bridgehead atoms. The molecular weight excluding hydrogens is 354 g/mol. The van der Waals surface area contributed by atoms with Crippen LogP contribution in [0.15, 0.2) is 42.5 Å². The lowest BCUT2D eigenvalue weighted by molar-refractivity contribution is 0.174. The summed E-state index contributed by atoms with van der Waals surface area (Å²) in [7, 11) is 0. The molecule has 2 amide bonds. The van der Waals surface area contributed by atoms with Crippen LogP contribution in [0.1, 0.15) is 5.56 Å². The van der Waals surface area contributed by atoms with Gasteiger partial charge in [-0.05, 0) is 23.8 Å². The Balaban J connectivity index is 1.30. The third-order valence-electron chi connectivity index (χ3n) is 4.68. The maximum absolute atomic E-state index is 12.4. The molecule has 2 aromatic rings. The molecule has 0 atom stereocenters. The van der Waals surface area contributed by atoms with E-state index < -0.39 is 0 Å². The largest absolute Gasteiger partial charge is 0.454 e. The molecule has 0 unspecified atom stereocenters. The fraction of sp³-hybridized carbons (Fsp3) is 0.316. The highest BCUT2D eigenvalue weighted by Gasteiger charge is 2.23. The van der Waals surface area contributed by atoms with E-state index in [9.17, 15) is 4.79 Å². The van der Waals surface area contributed by atoms with Crippen LogP contribution in [-0.2, 0) is 6.54 Å². The second kappa shape index (κ2) is 7.33. The third-order valence-corrected chi connectivity index (χ3v) is 5.04. The first-order valence-electron chi connectivity index (χ1n) is 8.61. The Kier molecular flexibility index (Phi) is 4.75. The minimum Gasteiger partial charge on any atom is -0.454 e. The monoisotopic (exact) mass is 373 g/mol. The Labute approximate surface area is 157 Å². The predicted octanol–water partition coefficient (Wildman–Crippen LogP) is 3.10. The highest BCUT2D eigenvalue weighted by atomic mass is 35.5. The van der Waals surface area contributed by atoms with Gasteiger partial charge in [0.1, 0.15) is 0 Å². The van der Waals surface area contributed by atoms with Crippen LogP contribution in [0.5, 0.6) is 11.5 Å². The molecule has 26 heavy (non-hydrogen) atoms. The van der Waals surface area contributed by atoms with Crippen molar-refractivity contribution < 1.29 is 14.3 Å². The topological polar surface area (TPSA) is 54.0 Å². The molecule has 2 aliphatic heterocycles. The maximum Gasteiger partial charge on any atom is 0.317 e. The van der Waals surface area contributed by atoms with Crippen LogP contribution in [0, 0.1) is 0 Å².